The number of halogens is 4. The number of methoxy groups -OCH3 is 1. The van der Waals surface area contributed by atoms with E-state index in [2.05, 4.69) is 15.3 Å². The summed E-state index contributed by atoms with van der Waals surface area (Å²) in [5.74, 6) is -1.38. The van der Waals surface area contributed by atoms with E-state index in [4.69, 9.17) is 20.9 Å². The second kappa shape index (κ2) is 9.78. The Morgan fingerprint density at radius 1 is 1.21 bits per heavy atom. The average Bonchev–Trinajstić information content (AvgIpc) is 3.66. The predicted molar refractivity (Wildman–Crippen MR) is 147 cm³/mol. The highest BCUT2D eigenvalue weighted by Gasteiger charge is 2.59. The van der Waals surface area contributed by atoms with Gasteiger partial charge in [-0.3, -0.25) is 4.79 Å². The fraction of sp³-hybridized carbons (Fsp3) is 0.321. The van der Waals surface area contributed by atoms with Crippen molar-refractivity contribution in [1.29, 1.82) is 0 Å². The number of hydrogen-bond donors (Lipinski definition) is 4. The maximum atomic E-state index is 14.2. The number of rotatable bonds is 7. The van der Waals surface area contributed by atoms with Gasteiger partial charge in [-0.2, -0.15) is 13.2 Å². The fourth-order valence-corrected chi connectivity index (χ4v) is 5.95. The second-order valence-electron chi connectivity index (χ2n) is 10.5. The number of aromatic nitrogens is 2. The number of alkyl halides is 3. The highest BCUT2D eigenvalue weighted by Crippen LogP contribution is 2.52. The molecule has 2 atom stereocenters. The van der Waals surface area contributed by atoms with Gasteiger partial charge in [-0.1, -0.05) is 11.3 Å². The second-order valence-corrected chi connectivity index (χ2v) is 11.5. The molecule has 0 saturated heterocycles. The summed E-state index contributed by atoms with van der Waals surface area (Å²) in [6, 6.07) is 9.14. The molecule has 0 radical (unpaired) electrons. The van der Waals surface area contributed by atoms with Gasteiger partial charge in [0.05, 0.1) is 24.0 Å². The molecular formula is C28H25F4N5O4S. The maximum absolute atomic E-state index is 14.2. The molecule has 14 heteroatoms. The number of thiazole rings is 1. The van der Waals surface area contributed by atoms with Crippen molar-refractivity contribution in [2.45, 2.75) is 30.2 Å². The molecule has 1 saturated carbocycles. The SMILES string of the molecule is COc1cc(C(=O)NCC(O)(c2cc3c(c(-c4ccc(F)cc4)n2)OCC3(N)C(F)(F)F)C2CC2)cc2sc(N)nc12. The third kappa shape index (κ3) is 4.59. The van der Waals surface area contributed by atoms with Crippen LogP contribution in [0.25, 0.3) is 21.5 Å². The lowest BCUT2D eigenvalue weighted by Gasteiger charge is -2.31. The zero-order valence-electron chi connectivity index (χ0n) is 22.1. The van der Waals surface area contributed by atoms with Gasteiger partial charge in [0.1, 0.15) is 35.0 Å². The van der Waals surface area contributed by atoms with Crippen LogP contribution in [0.5, 0.6) is 11.5 Å². The number of nitrogens with one attached hydrogen (secondary N) is 1. The van der Waals surface area contributed by atoms with Crippen LogP contribution in [-0.4, -0.2) is 47.4 Å². The zero-order valence-corrected chi connectivity index (χ0v) is 22.9. The lowest BCUT2D eigenvalue weighted by atomic mass is 9.86. The van der Waals surface area contributed by atoms with Gasteiger partial charge >= 0.3 is 6.18 Å². The highest BCUT2D eigenvalue weighted by molar-refractivity contribution is 7.22. The van der Waals surface area contributed by atoms with Gasteiger partial charge in [0, 0.05) is 16.7 Å². The number of carbonyl (C=O) groups is 1. The molecule has 220 valence electrons. The minimum absolute atomic E-state index is 0.0255. The van der Waals surface area contributed by atoms with Gasteiger partial charge in [0.15, 0.2) is 16.4 Å². The van der Waals surface area contributed by atoms with E-state index in [1.807, 2.05) is 0 Å². The number of hydrogen-bond acceptors (Lipinski definition) is 9. The Kier molecular flexibility index (Phi) is 6.55. The largest absolute Gasteiger partial charge is 0.494 e. The van der Waals surface area contributed by atoms with Gasteiger partial charge in [-0.25, -0.2) is 14.4 Å². The number of aliphatic hydroxyl groups is 1. The van der Waals surface area contributed by atoms with Crippen molar-refractivity contribution in [3.63, 3.8) is 0 Å². The van der Waals surface area contributed by atoms with E-state index in [0.717, 1.165) is 18.2 Å². The highest BCUT2D eigenvalue weighted by atomic mass is 32.1. The minimum atomic E-state index is -4.89. The van der Waals surface area contributed by atoms with Crippen molar-refractivity contribution in [2.24, 2.45) is 11.7 Å². The number of amides is 1. The topological polar surface area (TPSA) is 146 Å². The van der Waals surface area contributed by atoms with Crippen molar-refractivity contribution in [3.8, 4) is 22.8 Å². The molecule has 1 aliphatic carbocycles. The van der Waals surface area contributed by atoms with Crippen LogP contribution in [0.2, 0.25) is 0 Å². The molecule has 2 unspecified atom stereocenters. The Morgan fingerprint density at radius 3 is 2.57 bits per heavy atom. The summed E-state index contributed by atoms with van der Waals surface area (Å²) >= 11 is 1.17. The first-order chi connectivity index (χ1) is 19.8. The van der Waals surface area contributed by atoms with E-state index in [0.29, 0.717) is 33.9 Å². The van der Waals surface area contributed by atoms with E-state index < -0.39 is 47.1 Å². The van der Waals surface area contributed by atoms with Crippen LogP contribution in [0.15, 0.2) is 42.5 Å². The summed E-state index contributed by atoms with van der Waals surface area (Å²) in [6.07, 6.45) is -3.78. The monoisotopic (exact) mass is 603 g/mol. The first kappa shape index (κ1) is 28.1. The maximum Gasteiger partial charge on any atom is 0.414 e. The van der Waals surface area contributed by atoms with E-state index in [1.165, 1.54) is 36.6 Å². The molecule has 1 aliphatic heterocycles. The summed E-state index contributed by atoms with van der Waals surface area (Å²) in [4.78, 5) is 22.0. The van der Waals surface area contributed by atoms with Crippen LogP contribution in [0.1, 0.15) is 34.5 Å². The quantitative estimate of drug-likeness (QED) is 0.230. The van der Waals surface area contributed by atoms with E-state index in [1.54, 1.807) is 6.07 Å². The summed E-state index contributed by atoms with van der Waals surface area (Å²) in [5, 5.41) is 15.0. The summed E-state index contributed by atoms with van der Waals surface area (Å²) < 4.78 is 67.7. The van der Waals surface area contributed by atoms with Crippen LogP contribution < -0.4 is 26.3 Å². The van der Waals surface area contributed by atoms with Gasteiger partial charge in [-0.05, 0) is 61.2 Å². The molecule has 1 fully saturated rings. The number of ether oxygens (including phenoxy) is 2. The van der Waals surface area contributed by atoms with E-state index >= 15 is 0 Å². The van der Waals surface area contributed by atoms with Crippen molar-refractivity contribution in [2.75, 3.05) is 26.0 Å². The van der Waals surface area contributed by atoms with Crippen molar-refractivity contribution < 1.29 is 36.9 Å². The van der Waals surface area contributed by atoms with Gasteiger partial charge in [0.2, 0.25) is 0 Å². The average molecular weight is 604 g/mol. The Balaban J connectivity index is 1.40. The number of anilines is 1. The molecular weight excluding hydrogens is 578 g/mol. The number of carbonyl (C=O) groups excluding carboxylic acids is 1. The molecule has 0 spiro atoms. The van der Waals surface area contributed by atoms with Crippen LogP contribution in [0.3, 0.4) is 0 Å². The van der Waals surface area contributed by atoms with Crippen LogP contribution in [0, 0.1) is 11.7 Å². The number of pyridine rings is 1. The Bertz CT molecular complexity index is 1710. The van der Waals surface area contributed by atoms with Gasteiger partial charge in [-0.15, -0.1) is 0 Å². The Hall–Kier alpha value is -4.01. The van der Waals surface area contributed by atoms with Crippen LogP contribution in [-0.2, 0) is 11.1 Å². The van der Waals surface area contributed by atoms with Crippen molar-refractivity contribution in [1.82, 2.24) is 15.3 Å². The first-order valence-corrected chi connectivity index (χ1v) is 13.7. The van der Waals surface area contributed by atoms with E-state index in [-0.39, 0.29) is 34.8 Å². The molecule has 4 aromatic rings. The third-order valence-electron chi connectivity index (χ3n) is 7.69. The van der Waals surface area contributed by atoms with Gasteiger partial charge < -0.3 is 31.4 Å². The molecule has 3 heterocycles. The van der Waals surface area contributed by atoms with Crippen molar-refractivity contribution >= 4 is 32.6 Å². The standard InChI is InChI=1S/C28H25F4N5O4S/c1-40-18-8-14(9-19-22(18)37-25(33)42-19)24(38)35-11-26(39,15-4-5-15)20-10-17-23(41-12-27(17,34)28(30,31)32)21(36-20)13-2-6-16(29)7-3-13/h2-3,6-10,15,39H,4-5,11-12,34H2,1H3,(H2,33,37)(H,35,38). The lowest BCUT2D eigenvalue weighted by Crippen LogP contribution is -2.52. The summed E-state index contributed by atoms with van der Waals surface area (Å²) in [5.41, 5.74) is 7.41. The fourth-order valence-electron chi connectivity index (χ4n) is 5.16. The smallest absolute Gasteiger partial charge is 0.414 e. The Labute approximate surface area is 240 Å². The molecule has 6 N–H and O–H groups in total. The molecule has 2 aromatic carbocycles. The normalized spacial score (nSPS) is 19.7. The lowest BCUT2D eigenvalue weighted by molar-refractivity contribution is -0.191. The molecule has 2 aliphatic rings. The Morgan fingerprint density at radius 2 is 1.93 bits per heavy atom. The number of fused-ring (bicyclic) bond motifs is 2. The third-order valence-corrected chi connectivity index (χ3v) is 8.53. The summed E-state index contributed by atoms with van der Waals surface area (Å²) in [7, 11) is 1.43. The number of nitrogens with two attached hydrogens (primary N) is 2. The molecule has 6 rings (SSSR count). The number of benzene rings is 2. The molecule has 9 nitrogen and oxygen atoms in total. The van der Waals surface area contributed by atoms with Crippen LogP contribution >= 0.6 is 11.3 Å². The van der Waals surface area contributed by atoms with E-state index in [9.17, 15) is 27.5 Å². The number of nitrogens with zero attached hydrogens (tertiary/aromatic N) is 2. The molecule has 1 amide bonds. The molecule has 0 bridgehead atoms. The predicted octanol–water partition coefficient (Wildman–Crippen LogP) is 4.22. The minimum Gasteiger partial charge on any atom is -0.494 e. The molecule has 42 heavy (non-hydrogen) atoms. The van der Waals surface area contributed by atoms with Gasteiger partial charge in [0.25, 0.3) is 5.91 Å². The van der Waals surface area contributed by atoms with Crippen LogP contribution in [0.4, 0.5) is 22.7 Å². The zero-order chi connectivity index (χ0) is 30.0. The summed E-state index contributed by atoms with van der Waals surface area (Å²) in [6.45, 7) is -1.25. The number of nitrogen functional groups attached to an aromatic ring is 1. The first-order valence-electron chi connectivity index (χ1n) is 12.9. The van der Waals surface area contributed by atoms with Crippen molar-refractivity contribution in [3.05, 3.63) is 65.1 Å². The molecule has 2 aromatic heterocycles.